The molecule has 0 aliphatic carbocycles. The fraction of sp³-hybridized carbons (Fsp3) is 0.375. The summed E-state index contributed by atoms with van der Waals surface area (Å²) in [4.78, 5) is 9.70. The van der Waals surface area contributed by atoms with E-state index in [0.717, 1.165) is 0 Å². The number of hydrogen-bond donors (Lipinski definition) is 1. The van der Waals surface area contributed by atoms with Gasteiger partial charge in [0.05, 0.1) is 5.92 Å². The minimum Gasteiger partial charge on any atom is -0.481 e. The van der Waals surface area contributed by atoms with Crippen molar-refractivity contribution in [3.05, 3.63) is 22.9 Å². The summed E-state index contributed by atoms with van der Waals surface area (Å²) in [6.45, 7) is 3.28. The Hall–Kier alpha value is -0.0897. The van der Waals surface area contributed by atoms with Crippen molar-refractivity contribution in [2.75, 3.05) is 0 Å². The molecule has 0 aliphatic heterocycles. The van der Waals surface area contributed by atoms with Crippen LogP contribution in [0.3, 0.4) is 0 Å². The third-order valence-electron chi connectivity index (χ3n) is 0.919. The topological polar surface area (TPSA) is 37.3 Å². The van der Waals surface area contributed by atoms with E-state index in [0.29, 0.717) is 0 Å². The largest absolute Gasteiger partial charge is 0.481 e. The van der Waals surface area contributed by atoms with Crippen LogP contribution in [-0.2, 0) is 27.2 Å². The van der Waals surface area contributed by atoms with Gasteiger partial charge in [-0.25, -0.2) is 0 Å². The molecule has 1 aromatic rings. The van der Waals surface area contributed by atoms with Crippen LogP contribution in [0.4, 0.5) is 0 Å². The van der Waals surface area contributed by atoms with E-state index in [1.54, 1.807) is 25.2 Å². The van der Waals surface area contributed by atoms with E-state index in [9.17, 15) is 4.79 Å². The Bertz CT molecular complexity index is 168. The van der Waals surface area contributed by atoms with Crippen molar-refractivity contribution in [1.29, 1.82) is 0 Å². The summed E-state index contributed by atoms with van der Waals surface area (Å²) in [7, 11) is 0. The van der Waals surface area contributed by atoms with Gasteiger partial charge in [-0.3, -0.25) is 4.79 Å². The normalized spacial score (nSPS) is 7.92. The van der Waals surface area contributed by atoms with Crippen molar-refractivity contribution in [3.8, 4) is 0 Å². The minimum absolute atomic E-state index is 0. The second kappa shape index (κ2) is 9.00. The maximum absolute atomic E-state index is 9.70. The Kier molecular flexibility index (Phi) is 10.8. The number of aliphatic carboxylic acids is 1. The Labute approximate surface area is 92.1 Å². The van der Waals surface area contributed by atoms with Crippen molar-refractivity contribution in [2.45, 2.75) is 13.8 Å². The zero-order chi connectivity index (χ0) is 8.69. The molecule has 0 spiro atoms. The van der Waals surface area contributed by atoms with E-state index >= 15 is 0 Å². The molecule has 1 N–H and O–H groups in total. The monoisotopic (exact) mass is 369 g/mol. The van der Waals surface area contributed by atoms with Crippen LogP contribution in [0.5, 0.6) is 0 Å². The molecule has 0 unspecified atom stereocenters. The predicted molar refractivity (Wildman–Crippen MR) is 46.8 cm³/mol. The molecule has 0 saturated carbocycles. The van der Waals surface area contributed by atoms with Gasteiger partial charge in [-0.2, -0.15) is 11.3 Å². The summed E-state index contributed by atoms with van der Waals surface area (Å²) in [5, 5.41) is 12.1. The molecular weight excluding hydrogens is 357 g/mol. The molecule has 0 amide bonds. The van der Waals surface area contributed by atoms with Crippen LogP contribution >= 0.6 is 11.3 Å². The second-order valence-corrected chi connectivity index (χ2v) is 3.10. The summed E-state index contributed by atoms with van der Waals surface area (Å²) >= 11 is 1.71. The van der Waals surface area contributed by atoms with Gasteiger partial charge in [-0.05, 0) is 10.8 Å². The van der Waals surface area contributed by atoms with Crippen LogP contribution < -0.4 is 0 Å². The standard InChI is InChI=1S/C4H8O2.C4H4S.Au/c1-3(2)4(5)6;1-2-4-5-3-1;/h3H,1-2H3,(H,5,6);1-4H;. The maximum atomic E-state index is 9.70. The molecule has 1 rings (SSSR count). The number of carboxylic acids is 1. The van der Waals surface area contributed by atoms with Gasteiger partial charge in [-0.1, -0.05) is 26.0 Å². The molecule has 1 heterocycles. The fourth-order valence-electron chi connectivity index (χ4n) is 0.227. The van der Waals surface area contributed by atoms with Gasteiger partial charge in [0.1, 0.15) is 0 Å². The number of carbonyl (C=O) groups is 1. The third kappa shape index (κ3) is 9.91. The molecule has 12 heavy (non-hydrogen) atoms. The first kappa shape index (κ1) is 14.4. The maximum Gasteiger partial charge on any atom is 0.305 e. The first-order valence-electron chi connectivity index (χ1n) is 3.34. The summed E-state index contributed by atoms with van der Waals surface area (Å²) in [5.41, 5.74) is 0. The smallest absolute Gasteiger partial charge is 0.305 e. The van der Waals surface area contributed by atoms with Gasteiger partial charge in [0.25, 0.3) is 0 Å². The average molecular weight is 369 g/mol. The van der Waals surface area contributed by atoms with Gasteiger partial charge in [0, 0.05) is 22.4 Å². The zero-order valence-corrected chi connectivity index (χ0v) is 9.93. The molecule has 0 saturated heterocycles. The van der Waals surface area contributed by atoms with Crippen molar-refractivity contribution in [1.82, 2.24) is 0 Å². The van der Waals surface area contributed by atoms with Crippen molar-refractivity contribution >= 4 is 17.3 Å². The molecule has 0 aromatic carbocycles. The third-order valence-corrected chi connectivity index (χ3v) is 1.55. The van der Waals surface area contributed by atoms with E-state index < -0.39 is 5.97 Å². The molecule has 1 radical (unpaired) electrons. The van der Waals surface area contributed by atoms with Crippen LogP contribution in [0.2, 0.25) is 0 Å². The van der Waals surface area contributed by atoms with Gasteiger partial charge < -0.3 is 5.11 Å². The van der Waals surface area contributed by atoms with E-state index in [1.807, 2.05) is 22.9 Å². The van der Waals surface area contributed by atoms with E-state index in [2.05, 4.69) is 0 Å². The molecule has 4 heteroatoms. The quantitative estimate of drug-likeness (QED) is 0.773. The first-order valence-corrected chi connectivity index (χ1v) is 4.29. The molecule has 73 valence electrons. The van der Waals surface area contributed by atoms with Crippen LogP contribution in [0.15, 0.2) is 22.9 Å². The van der Waals surface area contributed by atoms with Crippen LogP contribution in [-0.4, -0.2) is 11.1 Å². The summed E-state index contributed by atoms with van der Waals surface area (Å²) in [6.07, 6.45) is 0. The van der Waals surface area contributed by atoms with Gasteiger partial charge >= 0.3 is 5.97 Å². The predicted octanol–water partition coefficient (Wildman–Crippen LogP) is 2.47. The molecule has 1 aromatic heterocycles. The number of carboxylic acid groups (broad SMARTS) is 1. The number of thiophene rings is 1. The Morgan fingerprint density at radius 1 is 1.33 bits per heavy atom. The fourth-order valence-corrected chi connectivity index (χ4v) is 0.680. The van der Waals surface area contributed by atoms with Crippen LogP contribution in [0.25, 0.3) is 0 Å². The molecule has 0 aliphatic rings. The van der Waals surface area contributed by atoms with Crippen molar-refractivity contribution in [2.24, 2.45) is 5.92 Å². The molecule has 0 fully saturated rings. The molecule has 0 atom stereocenters. The van der Waals surface area contributed by atoms with Gasteiger partial charge in [0.2, 0.25) is 0 Å². The summed E-state index contributed by atoms with van der Waals surface area (Å²) in [6, 6.07) is 4.04. The second-order valence-electron chi connectivity index (χ2n) is 2.29. The Balaban J connectivity index is 0. The molecule has 2 nitrogen and oxygen atoms in total. The minimum atomic E-state index is -0.741. The summed E-state index contributed by atoms with van der Waals surface area (Å²) in [5.74, 6) is -0.972. The number of hydrogen-bond acceptors (Lipinski definition) is 2. The zero-order valence-electron chi connectivity index (χ0n) is 6.95. The van der Waals surface area contributed by atoms with Gasteiger partial charge in [0.15, 0.2) is 0 Å². The Morgan fingerprint density at radius 2 is 1.67 bits per heavy atom. The van der Waals surface area contributed by atoms with E-state index in [-0.39, 0.29) is 28.3 Å². The van der Waals surface area contributed by atoms with E-state index in [1.165, 1.54) is 0 Å². The van der Waals surface area contributed by atoms with Crippen LogP contribution in [0.1, 0.15) is 13.8 Å². The van der Waals surface area contributed by atoms with Gasteiger partial charge in [-0.15, -0.1) is 0 Å². The van der Waals surface area contributed by atoms with Crippen LogP contribution in [0, 0.1) is 5.92 Å². The molecule has 0 bridgehead atoms. The first-order chi connectivity index (χ1) is 5.14. The molecular formula is C8H12AuO2S. The number of rotatable bonds is 1. The SMILES string of the molecule is CC(C)C(=O)O.[Au].c1ccsc1. The Morgan fingerprint density at radius 3 is 1.75 bits per heavy atom. The average Bonchev–Trinajstić information content (AvgIpc) is 2.41. The van der Waals surface area contributed by atoms with E-state index in [4.69, 9.17) is 5.11 Å². The van der Waals surface area contributed by atoms with Crippen molar-refractivity contribution in [3.63, 3.8) is 0 Å². The van der Waals surface area contributed by atoms with Crippen molar-refractivity contribution < 1.29 is 32.3 Å². The summed E-state index contributed by atoms with van der Waals surface area (Å²) < 4.78 is 0.